The first-order chi connectivity index (χ1) is 24.5. The fourth-order valence-corrected chi connectivity index (χ4v) is 6.38. The molecule has 10 heteroatoms. The maximum atomic E-state index is 14.1. The molecule has 4 aromatic carbocycles. The number of H-pyrrole nitrogens is 1. The van der Waals surface area contributed by atoms with Crippen LogP contribution >= 0.6 is 0 Å². The van der Waals surface area contributed by atoms with E-state index in [0.29, 0.717) is 37.5 Å². The van der Waals surface area contributed by atoms with Gasteiger partial charge in [0.2, 0.25) is 5.91 Å². The Labute approximate surface area is 292 Å². The zero-order chi connectivity index (χ0) is 34.7. The van der Waals surface area contributed by atoms with Crippen molar-refractivity contribution in [2.24, 2.45) is 0 Å². The Morgan fingerprint density at radius 3 is 2.24 bits per heavy atom. The van der Waals surface area contributed by atoms with Gasteiger partial charge in [0.1, 0.15) is 11.7 Å². The monoisotopic (exact) mass is 673 g/mol. The molecule has 5 aromatic rings. The number of fused-ring (bicyclic) bond motifs is 1. The Morgan fingerprint density at radius 1 is 0.880 bits per heavy atom. The molecule has 0 radical (unpaired) electrons. The van der Waals surface area contributed by atoms with Crippen molar-refractivity contribution in [3.63, 3.8) is 0 Å². The zero-order valence-corrected chi connectivity index (χ0v) is 28.1. The van der Waals surface area contributed by atoms with Crippen LogP contribution in [0.15, 0.2) is 115 Å². The number of aryl methyl sites for hydroxylation is 1. The molecule has 0 bridgehead atoms. The Bertz CT molecular complexity index is 1800. The number of carbonyl (C=O) groups is 3. The van der Waals surface area contributed by atoms with Crippen molar-refractivity contribution in [1.82, 2.24) is 20.9 Å². The van der Waals surface area contributed by atoms with Crippen molar-refractivity contribution in [2.75, 3.05) is 31.6 Å². The fourth-order valence-electron chi connectivity index (χ4n) is 6.38. The number of hydrogen-bond donors (Lipinski definition) is 5. The zero-order valence-electron chi connectivity index (χ0n) is 28.1. The molecular formula is C40H43N5O5. The standard InChI is InChI=1S/C40H43N5O5/c1-2-49-40(48)45-37(36(28-14-5-3-6-15-28)29-16-7-4-8-17-29)39(47)44-33-19-11-9-13-27(33)21-22-32-25-41-31(26-50-32)24-42-38(46)35-23-30-18-10-12-20-34(30)43-35/h3-20,23,31-32,36-37,41,43H,2,21-22,24-26H2,1H3,(H,42,46)(H,44,47)(H,45,48). The Kier molecular flexibility index (Phi) is 11.5. The van der Waals surface area contributed by atoms with Crippen molar-refractivity contribution in [2.45, 2.75) is 43.9 Å². The average molecular weight is 674 g/mol. The summed E-state index contributed by atoms with van der Waals surface area (Å²) >= 11 is 0. The summed E-state index contributed by atoms with van der Waals surface area (Å²) in [6.45, 7) is 3.47. The Balaban J connectivity index is 1.07. The van der Waals surface area contributed by atoms with E-state index in [9.17, 15) is 14.4 Å². The molecule has 6 rings (SSSR count). The van der Waals surface area contributed by atoms with Gasteiger partial charge in [0.05, 0.1) is 19.3 Å². The number of amides is 3. The smallest absolute Gasteiger partial charge is 0.407 e. The van der Waals surface area contributed by atoms with Crippen LogP contribution in [0.3, 0.4) is 0 Å². The lowest BCUT2D eigenvalue weighted by Gasteiger charge is -2.31. The molecule has 0 aliphatic carbocycles. The van der Waals surface area contributed by atoms with Crippen molar-refractivity contribution < 1.29 is 23.9 Å². The molecule has 2 heterocycles. The predicted octanol–water partition coefficient (Wildman–Crippen LogP) is 5.77. The molecule has 1 aliphatic rings. The van der Waals surface area contributed by atoms with Gasteiger partial charge in [-0.05, 0) is 54.7 Å². The first-order valence-electron chi connectivity index (χ1n) is 17.1. The maximum Gasteiger partial charge on any atom is 0.407 e. The molecule has 10 nitrogen and oxygen atoms in total. The number of nitrogens with one attached hydrogen (secondary N) is 5. The molecule has 3 amide bonds. The minimum atomic E-state index is -0.953. The number of morpholine rings is 1. The number of aromatic amines is 1. The number of benzene rings is 4. The highest BCUT2D eigenvalue weighted by molar-refractivity contribution is 5.99. The Morgan fingerprint density at radius 2 is 1.56 bits per heavy atom. The van der Waals surface area contributed by atoms with Gasteiger partial charge in [0.25, 0.3) is 5.91 Å². The van der Waals surface area contributed by atoms with Crippen LogP contribution in [0.1, 0.15) is 46.4 Å². The van der Waals surface area contributed by atoms with Crippen molar-refractivity contribution in [1.29, 1.82) is 0 Å². The number of alkyl carbamates (subject to hydrolysis) is 1. The van der Waals surface area contributed by atoms with Crippen molar-refractivity contribution in [3.05, 3.63) is 138 Å². The lowest BCUT2D eigenvalue weighted by Crippen LogP contribution is -2.51. The summed E-state index contributed by atoms with van der Waals surface area (Å²) in [6.07, 6.45) is 0.713. The van der Waals surface area contributed by atoms with Crippen LogP contribution in [0.25, 0.3) is 10.9 Å². The Hall–Kier alpha value is -5.45. The highest BCUT2D eigenvalue weighted by Gasteiger charge is 2.33. The van der Waals surface area contributed by atoms with Gasteiger partial charge in [-0.2, -0.15) is 0 Å². The number of para-hydroxylation sites is 2. The summed E-state index contributed by atoms with van der Waals surface area (Å²) in [7, 11) is 0. The van der Waals surface area contributed by atoms with E-state index in [1.165, 1.54) is 0 Å². The van der Waals surface area contributed by atoms with Gasteiger partial charge in [0, 0.05) is 41.6 Å². The van der Waals surface area contributed by atoms with Gasteiger partial charge >= 0.3 is 6.09 Å². The SMILES string of the molecule is CCOC(=O)NC(C(=O)Nc1ccccc1CCC1CNC(CNC(=O)c2cc3ccccc3[nH]2)CO1)C(c1ccccc1)c1ccccc1. The second-order valence-electron chi connectivity index (χ2n) is 12.4. The number of rotatable bonds is 13. The highest BCUT2D eigenvalue weighted by Crippen LogP contribution is 2.30. The van der Waals surface area contributed by atoms with Crippen LogP contribution < -0.4 is 21.3 Å². The second-order valence-corrected chi connectivity index (χ2v) is 12.4. The minimum Gasteiger partial charge on any atom is -0.450 e. The van der Waals surface area contributed by atoms with Crippen LogP contribution in [0.4, 0.5) is 10.5 Å². The molecular weight excluding hydrogens is 630 g/mol. The third-order valence-corrected chi connectivity index (χ3v) is 8.94. The molecule has 50 heavy (non-hydrogen) atoms. The summed E-state index contributed by atoms with van der Waals surface area (Å²) in [5.74, 6) is -0.964. The first-order valence-corrected chi connectivity index (χ1v) is 17.1. The number of hydrogen-bond acceptors (Lipinski definition) is 6. The van der Waals surface area contributed by atoms with E-state index in [-0.39, 0.29) is 30.6 Å². The lowest BCUT2D eigenvalue weighted by molar-refractivity contribution is -0.118. The fraction of sp³-hybridized carbons (Fsp3) is 0.275. The summed E-state index contributed by atoms with van der Waals surface area (Å²) < 4.78 is 11.4. The summed E-state index contributed by atoms with van der Waals surface area (Å²) in [5, 5.41) is 13.5. The molecule has 5 N–H and O–H groups in total. The van der Waals surface area contributed by atoms with Gasteiger partial charge < -0.3 is 35.7 Å². The van der Waals surface area contributed by atoms with Crippen LogP contribution in [0, 0.1) is 0 Å². The summed E-state index contributed by atoms with van der Waals surface area (Å²) in [5.41, 5.74) is 4.88. The molecule has 0 saturated carbocycles. The molecule has 1 aliphatic heterocycles. The van der Waals surface area contributed by atoms with E-state index in [4.69, 9.17) is 9.47 Å². The number of anilines is 1. The predicted molar refractivity (Wildman–Crippen MR) is 194 cm³/mol. The topological polar surface area (TPSA) is 134 Å². The maximum absolute atomic E-state index is 14.1. The molecule has 3 unspecified atom stereocenters. The molecule has 3 atom stereocenters. The van der Waals surface area contributed by atoms with E-state index in [1.54, 1.807) is 6.92 Å². The first kappa shape index (κ1) is 34.4. The highest BCUT2D eigenvalue weighted by atomic mass is 16.5. The molecule has 0 spiro atoms. The average Bonchev–Trinajstić information content (AvgIpc) is 3.59. The quantitative estimate of drug-likeness (QED) is 0.108. The summed E-state index contributed by atoms with van der Waals surface area (Å²) in [4.78, 5) is 42.8. The van der Waals surface area contributed by atoms with Crippen LogP contribution in [-0.4, -0.2) is 67.4 Å². The van der Waals surface area contributed by atoms with E-state index in [1.807, 2.05) is 115 Å². The van der Waals surface area contributed by atoms with Gasteiger partial charge in [-0.15, -0.1) is 0 Å². The normalized spacial score (nSPS) is 16.4. The third kappa shape index (κ3) is 8.76. The van der Waals surface area contributed by atoms with Crippen LogP contribution in [0.2, 0.25) is 0 Å². The van der Waals surface area contributed by atoms with Gasteiger partial charge in [-0.1, -0.05) is 97.1 Å². The molecule has 1 aromatic heterocycles. The molecule has 1 fully saturated rings. The second kappa shape index (κ2) is 16.8. The van der Waals surface area contributed by atoms with Gasteiger partial charge in [0.15, 0.2) is 0 Å². The van der Waals surface area contributed by atoms with Crippen LogP contribution in [-0.2, 0) is 20.7 Å². The van der Waals surface area contributed by atoms with Crippen molar-refractivity contribution in [3.8, 4) is 0 Å². The molecule has 1 saturated heterocycles. The van der Waals surface area contributed by atoms with E-state index >= 15 is 0 Å². The van der Waals surface area contributed by atoms with Crippen molar-refractivity contribution >= 4 is 34.5 Å². The van der Waals surface area contributed by atoms with E-state index < -0.39 is 18.1 Å². The largest absolute Gasteiger partial charge is 0.450 e. The van der Waals surface area contributed by atoms with E-state index in [2.05, 4.69) is 26.3 Å². The van der Waals surface area contributed by atoms with E-state index in [0.717, 1.165) is 34.0 Å². The summed E-state index contributed by atoms with van der Waals surface area (Å²) in [6, 6.07) is 35.8. The van der Waals surface area contributed by atoms with Gasteiger partial charge in [-0.3, -0.25) is 9.59 Å². The van der Waals surface area contributed by atoms with Crippen LogP contribution in [0.5, 0.6) is 0 Å². The number of carbonyl (C=O) groups excluding carboxylic acids is 3. The number of aromatic nitrogens is 1. The third-order valence-electron chi connectivity index (χ3n) is 8.94. The van der Waals surface area contributed by atoms with Gasteiger partial charge in [-0.25, -0.2) is 4.79 Å². The lowest BCUT2D eigenvalue weighted by atomic mass is 9.84. The molecule has 258 valence electrons. The minimum absolute atomic E-state index is 0.00263. The number of ether oxygens (including phenoxy) is 2.